The summed E-state index contributed by atoms with van der Waals surface area (Å²) < 4.78 is 0. The maximum Gasteiger partial charge on any atom is 0.157 e. The number of likely N-dealkylation sites (tertiary alicyclic amines) is 1. The average molecular weight is 255 g/mol. The van der Waals surface area contributed by atoms with E-state index in [0.717, 1.165) is 12.5 Å². The van der Waals surface area contributed by atoms with E-state index in [1.807, 2.05) is 11.8 Å². The van der Waals surface area contributed by atoms with E-state index >= 15 is 0 Å². The number of piperidine rings is 1. The van der Waals surface area contributed by atoms with E-state index < -0.39 is 0 Å². The van der Waals surface area contributed by atoms with Crippen LogP contribution in [0.5, 0.6) is 0 Å². The summed E-state index contributed by atoms with van der Waals surface area (Å²) in [6.45, 7) is 8.04. The third-order valence-electron chi connectivity index (χ3n) is 3.70. The maximum absolute atomic E-state index is 4.78. The fraction of sp³-hybridized carbons (Fsp3) is 0.923. The van der Waals surface area contributed by atoms with Crippen molar-refractivity contribution in [1.82, 2.24) is 10.2 Å². The van der Waals surface area contributed by atoms with Gasteiger partial charge in [-0.15, -0.1) is 0 Å². The third kappa shape index (κ3) is 4.18. The second-order valence-electron chi connectivity index (χ2n) is 5.60. The Morgan fingerprint density at radius 2 is 2.06 bits per heavy atom. The Labute approximate surface area is 109 Å². The molecule has 2 heterocycles. The van der Waals surface area contributed by atoms with Crippen LogP contribution in [0.25, 0.3) is 0 Å². The summed E-state index contributed by atoms with van der Waals surface area (Å²) in [5.41, 5.74) is 0. The van der Waals surface area contributed by atoms with E-state index in [4.69, 9.17) is 4.99 Å². The normalized spacial score (nSPS) is 34.9. The van der Waals surface area contributed by atoms with Gasteiger partial charge in [-0.2, -0.15) is 0 Å². The van der Waals surface area contributed by atoms with Crippen LogP contribution in [-0.4, -0.2) is 48.0 Å². The summed E-state index contributed by atoms with van der Waals surface area (Å²) in [7, 11) is 2.21. The molecule has 2 aliphatic heterocycles. The van der Waals surface area contributed by atoms with E-state index in [1.165, 1.54) is 37.5 Å². The summed E-state index contributed by atoms with van der Waals surface area (Å²) >= 11 is 1.91. The summed E-state index contributed by atoms with van der Waals surface area (Å²) in [5.74, 6) is 0.800. The molecule has 0 radical (unpaired) electrons. The van der Waals surface area contributed by atoms with Crippen molar-refractivity contribution in [3.63, 3.8) is 0 Å². The lowest BCUT2D eigenvalue weighted by Gasteiger charge is -2.29. The molecule has 2 saturated heterocycles. The van der Waals surface area contributed by atoms with Crippen LogP contribution < -0.4 is 5.32 Å². The number of aliphatic imine (C=N–C) groups is 1. The Balaban J connectivity index is 1.79. The molecule has 2 aliphatic rings. The molecule has 0 aromatic heterocycles. The lowest BCUT2D eigenvalue weighted by Crippen LogP contribution is -2.39. The Hall–Kier alpha value is -0.220. The molecule has 0 bridgehead atoms. The first-order valence-corrected chi connectivity index (χ1v) is 7.67. The molecule has 0 amide bonds. The van der Waals surface area contributed by atoms with Crippen LogP contribution in [0.4, 0.5) is 0 Å². The van der Waals surface area contributed by atoms with Gasteiger partial charge in [-0.05, 0) is 52.2 Å². The molecular weight excluding hydrogens is 230 g/mol. The first-order chi connectivity index (χ1) is 8.13. The highest BCUT2D eigenvalue weighted by Gasteiger charge is 2.21. The van der Waals surface area contributed by atoms with Gasteiger partial charge in [0.1, 0.15) is 0 Å². The molecular formula is C13H25N3S. The lowest BCUT2D eigenvalue weighted by molar-refractivity contribution is 0.224. The molecule has 0 aromatic carbocycles. The van der Waals surface area contributed by atoms with Gasteiger partial charge in [0.15, 0.2) is 5.17 Å². The summed E-state index contributed by atoms with van der Waals surface area (Å²) in [5, 5.41) is 5.38. The van der Waals surface area contributed by atoms with Gasteiger partial charge in [0.2, 0.25) is 0 Å². The minimum absolute atomic E-state index is 0.586. The smallest absolute Gasteiger partial charge is 0.157 e. The number of thioether (sulfide) groups is 1. The maximum atomic E-state index is 4.78. The van der Waals surface area contributed by atoms with Gasteiger partial charge in [-0.1, -0.05) is 18.7 Å². The highest BCUT2D eigenvalue weighted by atomic mass is 32.2. The molecule has 3 nitrogen and oxygen atoms in total. The van der Waals surface area contributed by atoms with Crippen molar-refractivity contribution in [1.29, 1.82) is 0 Å². The number of amidine groups is 1. The number of hydrogen-bond donors (Lipinski definition) is 1. The molecule has 2 unspecified atom stereocenters. The van der Waals surface area contributed by atoms with Crippen molar-refractivity contribution in [3.05, 3.63) is 0 Å². The van der Waals surface area contributed by atoms with Gasteiger partial charge >= 0.3 is 0 Å². The Bertz CT molecular complexity index is 260. The first-order valence-electron chi connectivity index (χ1n) is 6.79. The van der Waals surface area contributed by atoms with Crippen LogP contribution in [0.2, 0.25) is 0 Å². The molecule has 4 heteroatoms. The Morgan fingerprint density at radius 1 is 1.35 bits per heavy atom. The molecule has 1 N–H and O–H groups in total. The van der Waals surface area contributed by atoms with E-state index in [2.05, 4.69) is 31.1 Å². The Morgan fingerprint density at radius 3 is 2.71 bits per heavy atom. The molecule has 2 atom stereocenters. The second kappa shape index (κ2) is 6.10. The summed E-state index contributed by atoms with van der Waals surface area (Å²) in [6, 6.07) is 0.586. The van der Waals surface area contributed by atoms with Crippen LogP contribution in [0, 0.1) is 5.92 Å². The van der Waals surface area contributed by atoms with Crippen LogP contribution in [-0.2, 0) is 0 Å². The Kier molecular flexibility index (Phi) is 4.74. The first kappa shape index (κ1) is 13.2. The van der Waals surface area contributed by atoms with E-state index in [-0.39, 0.29) is 0 Å². The van der Waals surface area contributed by atoms with Crippen molar-refractivity contribution in [2.24, 2.45) is 10.9 Å². The van der Waals surface area contributed by atoms with Crippen LogP contribution >= 0.6 is 11.8 Å². The highest BCUT2D eigenvalue weighted by molar-refractivity contribution is 8.14. The SMILES string of the molecule is CC1CC(C)SC(=NCC2CCN(C)CC2)N1. The standard InChI is InChI=1S/C13H25N3S/c1-10-8-11(2)17-13(15-10)14-9-12-4-6-16(3)7-5-12/h10-12H,4-9H2,1-3H3,(H,14,15). The van der Waals surface area contributed by atoms with Gasteiger partial charge in [0.25, 0.3) is 0 Å². The van der Waals surface area contributed by atoms with Crippen molar-refractivity contribution in [3.8, 4) is 0 Å². The van der Waals surface area contributed by atoms with Crippen LogP contribution in [0.1, 0.15) is 33.1 Å². The number of nitrogens with one attached hydrogen (secondary N) is 1. The third-order valence-corrected chi connectivity index (χ3v) is 4.76. The number of hydrogen-bond acceptors (Lipinski definition) is 3. The minimum Gasteiger partial charge on any atom is -0.362 e. The molecule has 0 spiro atoms. The monoisotopic (exact) mass is 255 g/mol. The zero-order chi connectivity index (χ0) is 12.3. The van der Waals surface area contributed by atoms with Crippen molar-refractivity contribution in [2.45, 2.75) is 44.4 Å². The minimum atomic E-state index is 0.586. The highest BCUT2D eigenvalue weighted by Crippen LogP contribution is 2.23. The number of rotatable bonds is 2. The molecule has 17 heavy (non-hydrogen) atoms. The predicted molar refractivity (Wildman–Crippen MR) is 76.8 cm³/mol. The van der Waals surface area contributed by atoms with E-state index in [9.17, 15) is 0 Å². The zero-order valence-electron chi connectivity index (χ0n) is 11.3. The fourth-order valence-corrected chi connectivity index (χ4v) is 3.76. The molecule has 0 aliphatic carbocycles. The fourth-order valence-electron chi connectivity index (χ4n) is 2.58. The van der Waals surface area contributed by atoms with Crippen molar-refractivity contribution < 1.29 is 0 Å². The van der Waals surface area contributed by atoms with Crippen LogP contribution in [0.3, 0.4) is 0 Å². The second-order valence-corrected chi connectivity index (χ2v) is 7.03. The molecule has 2 fully saturated rings. The van der Waals surface area contributed by atoms with Gasteiger partial charge in [-0.25, -0.2) is 0 Å². The molecule has 0 aromatic rings. The molecule has 2 rings (SSSR count). The van der Waals surface area contributed by atoms with Gasteiger partial charge in [0, 0.05) is 17.8 Å². The predicted octanol–water partition coefficient (Wildman–Crippen LogP) is 2.19. The van der Waals surface area contributed by atoms with Gasteiger partial charge < -0.3 is 10.2 Å². The van der Waals surface area contributed by atoms with Crippen molar-refractivity contribution in [2.75, 3.05) is 26.7 Å². The average Bonchev–Trinajstić information content (AvgIpc) is 2.27. The lowest BCUT2D eigenvalue weighted by atomic mass is 9.97. The van der Waals surface area contributed by atoms with Crippen molar-refractivity contribution >= 4 is 16.9 Å². The topological polar surface area (TPSA) is 27.6 Å². The van der Waals surface area contributed by atoms with Gasteiger partial charge in [-0.3, -0.25) is 4.99 Å². The zero-order valence-corrected chi connectivity index (χ0v) is 12.1. The van der Waals surface area contributed by atoms with E-state index in [1.54, 1.807) is 0 Å². The summed E-state index contributed by atoms with van der Waals surface area (Å²) in [6.07, 6.45) is 3.87. The van der Waals surface area contributed by atoms with Gasteiger partial charge in [0.05, 0.1) is 0 Å². The molecule has 98 valence electrons. The largest absolute Gasteiger partial charge is 0.362 e. The number of nitrogens with zero attached hydrogens (tertiary/aromatic N) is 2. The van der Waals surface area contributed by atoms with Crippen LogP contribution in [0.15, 0.2) is 4.99 Å². The van der Waals surface area contributed by atoms with E-state index in [0.29, 0.717) is 11.3 Å². The summed E-state index contributed by atoms with van der Waals surface area (Å²) in [4.78, 5) is 7.20. The molecule has 0 saturated carbocycles. The quantitative estimate of drug-likeness (QED) is 0.819.